The first-order chi connectivity index (χ1) is 8.93. The molecule has 2 N–H and O–H groups in total. The zero-order valence-electron chi connectivity index (χ0n) is 12.1. The molecule has 1 aliphatic carbocycles. The second-order valence-corrected chi connectivity index (χ2v) is 6.85. The lowest BCUT2D eigenvalue weighted by Crippen LogP contribution is -2.56. The fraction of sp³-hybridized carbons (Fsp3) is 0.600. The van der Waals surface area contributed by atoms with Crippen LogP contribution in [0.25, 0.3) is 0 Å². The molecule has 3 nitrogen and oxygen atoms in total. The highest BCUT2D eigenvalue weighted by Crippen LogP contribution is 2.36. The molecule has 2 rings (SSSR count). The molecule has 1 saturated carbocycles. The van der Waals surface area contributed by atoms with Gasteiger partial charge in [0, 0.05) is 28.8 Å². The first kappa shape index (κ1) is 14.8. The van der Waals surface area contributed by atoms with Gasteiger partial charge in [0.15, 0.2) is 0 Å². The number of nitrogens with zero attached hydrogens (tertiary/aromatic N) is 2. The summed E-state index contributed by atoms with van der Waals surface area (Å²) in [6.45, 7) is 2.07. The van der Waals surface area contributed by atoms with Crippen molar-refractivity contribution in [3.05, 3.63) is 28.2 Å². The lowest BCUT2D eigenvalue weighted by Gasteiger charge is -2.49. The number of hydrogen-bond donors (Lipinski definition) is 1. The van der Waals surface area contributed by atoms with Crippen molar-refractivity contribution in [2.24, 2.45) is 0 Å². The molecular formula is C15H24BrN3. The van der Waals surface area contributed by atoms with Crippen LogP contribution in [-0.4, -0.2) is 43.0 Å². The van der Waals surface area contributed by atoms with Crippen LogP contribution >= 0.6 is 15.9 Å². The third-order valence-corrected chi connectivity index (χ3v) is 5.03. The maximum absolute atomic E-state index is 5.94. The molecule has 1 aliphatic rings. The summed E-state index contributed by atoms with van der Waals surface area (Å²) >= 11 is 3.44. The van der Waals surface area contributed by atoms with Gasteiger partial charge >= 0.3 is 0 Å². The average molecular weight is 326 g/mol. The predicted octanol–water partition coefficient (Wildman–Crippen LogP) is 2.95. The van der Waals surface area contributed by atoms with E-state index in [9.17, 15) is 0 Å². The summed E-state index contributed by atoms with van der Waals surface area (Å²) in [5.74, 6) is 0. The Balaban J connectivity index is 1.97. The first-order valence-electron chi connectivity index (χ1n) is 6.83. The Kier molecular flexibility index (Phi) is 4.54. The SMILES string of the molecule is CN(Cc1ccc(Br)c(N)c1)CC1(N(C)C)CCC1. The van der Waals surface area contributed by atoms with Gasteiger partial charge in [-0.05, 0) is 74.0 Å². The molecule has 19 heavy (non-hydrogen) atoms. The number of nitrogens with two attached hydrogens (primary N) is 1. The van der Waals surface area contributed by atoms with Crippen LogP contribution in [0.2, 0.25) is 0 Å². The number of rotatable bonds is 5. The molecule has 0 radical (unpaired) electrons. The zero-order valence-corrected chi connectivity index (χ0v) is 13.7. The zero-order chi connectivity index (χ0) is 14.0. The molecular weight excluding hydrogens is 302 g/mol. The average Bonchev–Trinajstić information content (AvgIpc) is 2.28. The number of anilines is 1. The number of hydrogen-bond acceptors (Lipinski definition) is 3. The minimum Gasteiger partial charge on any atom is -0.398 e. The van der Waals surface area contributed by atoms with Crippen molar-refractivity contribution >= 4 is 21.6 Å². The summed E-state index contributed by atoms with van der Waals surface area (Å²) in [5.41, 5.74) is 8.41. The summed E-state index contributed by atoms with van der Waals surface area (Å²) in [6, 6.07) is 6.23. The molecule has 0 unspecified atom stereocenters. The van der Waals surface area contributed by atoms with Crippen LogP contribution in [0.3, 0.4) is 0 Å². The van der Waals surface area contributed by atoms with Crippen molar-refractivity contribution in [3.63, 3.8) is 0 Å². The van der Waals surface area contributed by atoms with Gasteiger partial charge in [-0.15, -0.1) is 0 Å². The molecule has 0 saturated heterocycles. The van der Waals surface area contributed by atoms with Gasteiger partial charge in [-0.1, -0.05) is 6.07 Å². The number of likely N-dealkylation sites (N-methyl/N-ethyl adjacent to an activating group) is 2. The van der Waals surface area contributed by atoms with Crippen molar-refractivity contribution in [1.82, 2.24) is 9.80 Å². The molecule has 0 amide bonds. The molecule has 1 aromatic rings. The van der Waals surface area contributed by atoms with Crippen molar-refractivity contribution in [1.29, 1.82) is 0 Å². The number of nitrogen functional groups attached to an aromatic ring is 1. The molecule has 0 aromatic heterocycles. The smallest absolute Gasteiger partial charge is 0.0461 e. The maximum atomic E-state index is 5.94. The van der Waals surface area contributed by atoms with E-state index in [-0.39, 0.29) is 0 Å². The summed E-state index contributed by atoms with van der Waals surface area (Å²) in [7, 11) is 6.59. The summed E-state index contributed by atoms with van der Waals surface area (Å²) in [4.78, 5) is 4.80. The monoisotopic (exact) mass is 325 g/mol. The molecule has 0 atom stereocenters. The van der Waals surface area contributed by atoms with Crippen LogP contribution in [-0.2, 0) is 6.54 Å². The Morgan fingerprint density at radius 2 is 1.95 bits per heavy atom. The first-order valence-corrected chi connectivity index (χ1v) is 7.62. The van der Waals surface area contributed by atoms with Gasteiger partial charge < -0.3 is 15.5 Å². The van der Waals surface area contributed by atoms with Gasteiger partial charge in [0.05, 0.1) is 0 Å². The van der Waals surface area contributed by atoms with Crippen molar-refractivity contribution in [2.45, 2.75) is 31.3 Å². The van der Waals surface area contributed by atoms with Crippen molar-refractivity contribution < 1.29 is 0 Å². The van der Waals surface area contributed by atoms with Gasteiger partial charge in [0.2, 0.25) is 0 Å². The second kappa shape index (κ2) is 5.81. The topological polar surface area (TPSA) is 32.5 Å². The van der Waals surface area contributed by atoms with E-state index in [2.05, 4.69) is 59.0 Å². The molecule has 0 spiro atoms. The third-order valence-electron chi connectivity index (χ3n) is 4.31. The Morgan fingerprint density at radius 1 is 1.26 bits per heavy atom. The normalized spacial score (nSPS) is 17.8. The lowest BCUT2D eigenvalue weighted by molar-refractivity contribution is 0.0259. The van der Waals surface area contributed by atoms with Gasteiger partial charge in [-0.2, -0.15) is 0 Å². The largest absolute Gasteiger partial charge is 0.398 e. The van der Waals surface area contributed by atoms with Gasteiger partial charge in [0.25, 0.3) is 0 Å². The van der Waals surface area contributed by atoms with Crippen molar-refractivity contribution in [3.8, 4) is 0 Å². The molecule has 4 heteroatoms. The minimum atomic E-state index is 0.385. The number of benzene rings is 1. The van der Waals surface area contributed by atoms with Crippen LogP contribution in [0.5, 0.6) is 0 Å². The fourth-order valence-electron chi connectivity index (χ4n) is 2.89. The number of halogens is 1. The van der Waals surface area contributed by atoms with Gasteiger partial charge in [-0.25, -0.2) is 0 Å². The van der Waals surface area contributed by atoms with E-state index in [0.717, 1.165) is 23.2 Å². The fourth-order valence-corrected chi connectivity index (χ4v) is 3.14. The van der Waals surface area contributed by atoms with Crippen LogP contribution in [0, 0.1) is 0 Å². The highest BCUT2D eigenvalue weighted by atomic mass is 79.9. The lowest BCUT2D eigenvalue weighted by atomic mass is 9.75. The van der Waals surface area contributed by atoms with Gasteiger partial charge in [0.1, 0.15) is 0 Å². The minimum absolute atomic E-state index is 0.385. The standard InChI is InChI=1S/C15H24BrN3/c1-18(2)15(7-4-8-15)11-19(3)10-12-5-6-13(16)14(17)9-12/h5-6,9H,4,7-8,10-11,17H2,1-3H3. The highest BCUT2D eigenvalue weighted by Gasteiger charge is 2.39. The summed E-state index contributed by atoms with van der Waals surface area (Å²) in [6.07, 6.45) is 3.98. The Bertz CT molecular complexity index is 441. The van der Waals surface area contributed by atoms with Crippen molar-refractivity contribution in [2.75, 3.05) is 33.4 Å². The van der Waals surface area contributed by atoms with Crippen LogP contribution in [0.1, 0.15) is 24.8 Å². The van der Waals surface area contributed by atoms with E-state index in [0.29, 0.717) is 5.54 Å². The van der Waals surface area contributed by atoms with E-state index in [1.807, 2.05) is 6.07 Å². The summed E-state index contributed by atoms with van der Waals surface area (Å²) < 4.78 is 0.975. The van der Waals surface area contributed by atoms with E-state index in [1.165, 1.54) is 24.8 Å². The molecule has 0 heterocycles. The molecule has 1 aromatic carbocycles. The van der Waals surface area contributed by atoms with E-state index in [4.69, 9.17) is 5.73 Å². The molecule has 0 bridgehead atoms. The van der Waals surface area contributed by atoms with Crippen LogP contribution in [0.15, 0.2) is 22.7 Å². The Morgan fingerprint density at radius 3 is 2.42 bits per heavy atom. The second-order valence-electron chi connectivity index (χ2n) is 6.00. The summed E-state index contributed by atoms with van der Waals surface area (Å²) in [5, 5.41) is 0. The Labute approximate surface area is 124 Å². The van der Waals surface area contributed by atoms with E-state index in [1.54, 1.807) is 0 Å². The predicted molar refractivity (Wildman–Crippen MR) is 85.2 cm³/mol. The van der Waals surface area contributed by atoms with E-state index < -0.39 is 0 Å². The van der Waals surface area contributed by atoms with Crippen LogP contribution < -0.4 is 5.73 Å². The maximum Gasteiger partial charge on any atom is 0.0461 e. The Hall–Kier alpha value is -0.580. The molecule has 106 valence electrons. The van der Waals surface area contributed by atoms with E-state index >= 15 is 0 Å². The highest BCUT2D eigenvalue weighted by molar-refractivity contribution is 9.10. The quantitative estimate of drug-likeness (QED) is 0.845. The van der Waals surface area contributed by atoms with Crippen LogP contribution in [0.4, 0.5) is 5.69 Å². The molecule has 1 fully saturated rings. The van der Waals surface area contributed by atoms with Gasteiger partial charge in [-0.3, -0.25) is 0 Å². The molecule has 0 aliphatic heterocycles. The third kappa shape index (κ3) is 3.30.